The lowest BCUT2D eigenvalue weighted by Gasteiger charge is -2.50. The lowest BCUT2D eigenvalue weighted by molar-refractivity contribution is 0.430. The van der Waals surface area contributed by atoms with Crippen LogP contribution in [-0.2, 0) is 16.2 Å². The van der Waals surface area contributed by atoms with E-state index in [0.29, 0.717) is 0 Å². The van der Waals surface area contributed by atoms with E-state index in [1.54, 1.807) is 0 Å². The molecule has 1 atom stereocenters. The summed E-state index contributed by atoms with van der Waals surface area (Å²) in [6.07, 6.45) is 0. The van der Waals surface area contributed by atoms with Gasteiger partial charge in [-0.3, -0.25) is 0 Å². The van der Waals surface area contributed by atoms with Crippen molar-refractivity contribution in [3.63, 3.8) is 0 Å². The second-order valence-corrected chi connectivity index (χ2v) is 19.6. The van der Waals surface area contributed by atoms with Crippen LogP contribution < -0.4 is 9.64 Å². The standard InChI is InChI=1S/C65H49NO/c1-63(2)53-23-11-10-21-51(53)52-39-38-48(41-59(52)63)66(46-34-29-43(30-35-46)42-17-6-5-7-18-42)47-36-31-45(32-37-47)49-22-16-27-57-61(49)64(3,4)54-24-12-13-25-55(54)65(57)56-26-14-15-28-60(56)67-62-50-20-9-8-19-44(50)33-40-58(62)65/h5-41H,1-4H3. The van der Waals surface area contributed by atoms with E-state index >= 15 is 0 Å². The number of anilines is 3. The Morgan fingerprint density at radius 3 is 1.69 bits per heavy atom. The molecule has 10 aromatic rings. The zero-order valence-corrected chi connectivity index (χ0v) is 38.2. The summed E-state index contributed by atoms with van der Waals surface area (Å²) in [5, 5.41) is 2.30. The fourth-order valence-electron chi connectivity index (χ4n) is 12.3. The van der Waals surface area contributed by atoms with Gasteiger partial charge in [0, 0.05) is 44.4 Å². The molecule has 0 fully saturated rings. The molecule has 67 heavy (non-hydrogen) atoms. The molecular weight excluding hydrogens is 811 g/mol. The first-order chi connectivity index (χ1) is 32.7. The molecule has 10 aromatic carbocycles. The molecule has 3 aliphatic rings. The predicted molar refractivity (Wildman–Crippen MR) is 278 cm³/mol. The minimum absolute atomic E-state index is 0.123. The fraction of sp³-hybridized carbons (Fsp3) is 0.108. The normalized spacial score (nSPS) is 16.5. The lowest BCUT2D eigenvalue weighted by atomic mass is 9.52. The average molecular weight is 860 g/mol. The summed E-state index contributed by atoms with van der Waals surface area (Å²) in [4.78, 5) is 2.42. The van der Waals surface area contributed by atoms with Gasteiger partial charge in [0.05, 0.1) is 5.41 Å². The molecule has 320 valence electrons. The van der Waals surface area contributed by atoms with Crippen LogP contribution in [0.2, 0.25) is 0 Å². The first-order valence-corrected chi connectivity index (χ1v) is 23.6. The first-order valence-electron chi connectivity index (χ1n) is 23.6. The van der Waals surface area contributed by atoms with Crippen molar-refractivity contribution in [2.45, 2.75) is 43.9 Å². The second-order valence-electron chi connectivity index (χ2n) is 19.6. The van der Waals surface area contributed by atoms with E-state index in [4.69, 9.17) is 4.74 Å². The number of nitrogens with zero attached hydrogens (tertiary/aromatic N) is 1. The van der Waals surface area contributed by atoms with Crippen molar-refractivity contribution in [2.24, 2.45) is 0 Å². The van der Waals surface area contributed by atoms with Crippen LogP contribution in [0.15, 0.2) is 224 Å². The third kappa shape index (κ3) is 5.63. The quantitative estimate of drug-likeness (QED) is 0.171. The largest absolute Gasteiger partial charge is 0.456 e. The van der Waals surface area contributed by atoms with Crippen molar-refractivity contribution in [1.29, 1.82) is 0 Å². The van der Waals surface area contributed by atoms with Crippen LogP contribution in [0, 0.1) is 0 Å². The van der Waals surface area contributed by atoms with E-state index in [1.165, 1.54) is 83.3 Å². The van der Waals surface area contributed by atoms with Crippen LogP contribution in [0.3, 0.4) is 0 Å². The second kappa shape index (κ2) is 14.5. The Bertz CT molecular complexity index is 3600. The highest BCUT2D eigenvalue weighted by atomic mass is 16.5. The topological polar surface area (TPSA) is 12.5 Å². The molecule has 0 aromatic heterocycles. The maximum atomic E-state index is 7.00. The minimum Gasteiger partial charge on any atom is -0.456 e. The van der Waals surface area contributed by atoms with Gasteiger partial charge in [-0.1, -0.05) is 210 Å². The fourth-order valence-corrected chi connectivity index (χ4v) is 12.3. The highest BCUT2D eigenvalue weighted by molar-refractivity contribution is 5.94. The summed E-state index contributed by atoms with van der Waals surface area (Å²) in [5.74, 6) is 1.83. The van der Waals surface area contributed by atoms with Crippen molar-refractivity contribution in [3.8, 4) is 44.9 Å². The Morgan fingerprint density at radius 2 is 0.910 bits per heavy atom. The third-order valence-electron chi connectivity index (χ3n) is 15.4. The van der Waals surface area contributed by atoms with E-state index in [9.17, 15) is 0 Å². The molecule has 0 amide bonds. The van der Waals surface area contributed by atoms with Gasteiger partial charge in [0.15, 0.2) is 0 Å². The molecule has 0 bridgehead atoms. The van der Waals surface area contributed by atoms with Crippen molar-refractivity contribution >= 4 is 27.8 Å². The molecule has 0 saturated carbocycles. The maximum Gasteiger partial charge on any atom is 0.140 e. The van der Waals surface area contributed by atoms with Gasteiger partial charge in [-0.2, -0.15) is 0 Å². The van der Waals surface area contributed by atoms with Crippen molar-refractivity contribution in [1.82, 2.24) is 0 Å². The molecule has 1 aliphatic heterocycles. The smallest absolute Gasteiger partial charge is 0.140 e. The number of hydrogen-bond donors (Lipinski definition) is 0. The van der Waals surface area contributed by atoms with E-state index in [1.807, 2.05) is 0 Å². The monoisotopic (exact) mass is 859 g/mol. The molecule has 13 rings (SSSR count). The summed E-state index contributed by atoms with van der Waals surface area (Å²) in [7, 11) is 0. The number of para-hydroxylation sites is 1. The number of hydrogen-bond acceptors (Lipinski definition) is 2. The summed E-state index contributed by atoms with van der Waals surface area (Å²) < 4.78 is 7.00. The van der Waals surface area contributed by atoms with Crippen LogP contribution in [0.1, 0.15) is 72.2 Å². The van der Waals surface area contributed by atoms with Gasteiger partial charge in [0.2, 0.25) is 0 Å². The van der Waals surface area contributed by atoms with Gasteiger partial charge in [-0.25, -0.2) is 0 Å². The lowest BCUT2D eigenvalue weighted by Crippen LogP contribution is -2.43. The zero-order chi connectivity index (χ0) is 45.1. The first kappa shape index (κ1) is 39.4. The van der Waals surface area contributed by atoms with Crippen molar-refractivity contribution in [2.75, 3.05) is 4.90 Å². The number of benzene rings is 10. The molecule has 2 heteroatoms. The summed E-state index contributed by atoms with van der Waals surface area (Å²) in [6.45, 7) is 9.55. The van der Waals surface area contributed by atoms with E-state index in [2.05, 4.69) is 257 Å². The van der Waals surface area contributed by atoms with E-state index in [-0.39, 0.29) is 10.8 Å². The Hall–Kier alpha value is -7.94. The molecule has 1 heterocycles. The van der Waals surface area contributed by atoms with Crippen molar-refractivity contribution in [3.05, 3.63) is 269 Å². The minimum atomic E-state index is -0.616. The summed E-state index contributed by atoms with van der Waals surface area (Å²) in [5.41, 5.74) is 20.1. The van der Waals surface area contributed by atoms with Crippen LogP contribution in [0.25, 0.3) is 44.2 Å². The van der Waals surface area contributed by atoms with Crippen LogP contribution in [-0.4, -0.2) is 0 Å². The highest BCUT2D eigenvalue weighted by Crippen LogP contribution is 2.63. The SMILES string of the molecule is CC1(C)c2ccccc2-c2ccc(N(c3ccc(-c4ccccc4)cc3)c3ccc(-c4cccc5c4C(C)(C)c4ccccc4C54c5ccccc5Oc5c4ccc4ccccc54)cc3)cc21. The van der Waals surface area contributed by atoms with E-state index < -0.39 is 5.41 Å². The summed E-state index contributed by atoms with van der Waals surface area (Å²) >= 11 is 0. The third-order valence-corrected chi connectivity index (χ3v) is 15.4. The summed E-state index contributed by atoms with van der Waals surface area (Å²) in [6, 6.07) is 83.0. The molecule has 1 unspecified atom stereocenters. The van der Waals surface area contributed by atoms with Gasteiger partial charge in [0.1, 0.15) is 11.5 Å². The molecular formula is C65H49NO. The van der Waals surface area contributed by atoms with Crippen molar-refractivity contribution < 1.29 is 4.74 Å². The van der Waals surface area contributed by atoms with Crippen LogP contribution in [0.4, 0.5) is 17.1 Å². The van der Waals surface area contributed by atoms with Gasteiger partial charge < -0.3 is 9.64 Å². The molecule has 1 spiro atoms. The molecule has 0 N–H and O–H groups in total. The Kier molecular flexibility index (Phi) is 8.55. The van der Waals surface area contributed by atoms with E-state index in [0.717, 1.165) is 33.9 Å². The number of fused-ring (bicyclic) bond motifs is 13. The molecule has 0 saturated heterocycles. The molecule has 2 aliphatic carbocycles. The van der Waals surface area contributed by atoms with Gasteiger partial charge in [-0.15, -0.1) is 0 Å². The predicted octanol–water partition coefficient (Wildman–Crippen LogP) is 17.1. The Labute approximate surface area is 393 Å². The van der Waals surface area contributed by atoms with Gasteiger partial charge in [-0.05, 0) is 115 Å². The number of ether oxygens (including phenoxy) is 1. The molecule has 0 radical (unpaired) electrons. The zero-order valence-electron chi connectivity index (χ0n) is 38.2. The van der Waals surface area contributed by atoms with Gasteiger partial charge in [0.25, 0.3) is 0 Å². The van der Waals surface area contributed by atoms with Crippen LogP contribution in [0.5, 0.6) is 11.5 Å². The maximum absolute atomic E-state index is 7.00. The Balaban J connectivity index is 0.993. The molecule has 2 nitrogen and oxygen atoms in total. The van der Waals surface area contributed by atoms with Crippen LogP contribution >= 0.6 is 0 Å². The van der Waals surface area contributed by atoms with Gasteiger partial charge >= 0.3 is 0 Å². The number of rotatable bonds is 5. The Morgan fingerprint density at radius 1 is 0.343 bits per heavy atom. The average Bonchev–Trinajstić information content (AvgIpc) is 3.61. The highest BCUT2D eigenvalue weighted by Gasteiger charge is 2.53.